The van der Waals surface area contributed by atoms with Crippen LogP contribution in [0.15, 0.2) is 54.9 Å². The van der Waals surface area contributed by atoms with Gasteiger partial charge in [-0.2, -0.15) is 0 Å². The van der Waals surface area contributed by atoms with Crippen molar-refractivity contribution in [2.75, 3.05) is 6.61 Å². The second-order valence-electron chi connectivity index (χ2n) is 4.10. The molecule has 2 unspecified atom stereocenters. The third-order valence-electron chi connectivity index (χ3n) is 2.87. The third kappa shape index (κ3) is 2.94. The van der Waals surface area contributed by atoms with Crippen LogP contribution in [0.2, 0.25) is 0 Å². The zero-order chi connectivity index (χ0) is 12.8. The van der Waals surface area contributed by atoms with Crippen molar-refractivity contribution in [3.8, 4) is 0 Å². The molecule has 3 nitrogen and oxygen atoms in total. The van der Waals surface area contributed by atoms with E-state index in [2.05, 4.69) is 4.98 Å². The van der Waals surface area contributed by atoms with Crippen molar-refractivity contribution >= 4 is 0 Å². The minimum atomic E-state index is -0.207. The van der Waals surface area contributed by atoms with Crippen molar-refractivity contribution in [2.24, 2.45) is 5.73 Å². The Balaban J connectivity index is 2.26. The highest BCUT2D eigenvalue weighted by Gasteiger charge is 2.21. The molecule has 0 spiro atoms. The lowest BCUT2D eigenvalue weighted by Crippen LogP contribution is -2.22. The Labute approximate surface area is 108 Å². The average molecular weight is 242 g/mol. The Morgan fingerprint density at radius 1 is 1.11 bits per heavy atom. The number of hydrogen-bond acceptors (Lipinski definition) is 3. The standard InChI is InChI=1S/C15H18N2O/c1-2-18-15(12-7-4-3-5-8-12)14(16)13-9-6-10-17-11-13/h3-11,14-15H,2,16H2,1H3. The van der Waals surface area contributed by atoms with Gasteiger partial charge in [0.15, 0.2) is 0 Å². The highest BCUT2D eigenvalue weighted by atomic mass is 16.5. The number of ether oxygens (including phenoxy) is 1. The van der Waals surface area contributed by atoms with Crippen LogP contribution in [-0.4, -0.2) is 11.6 Å². The molecule has 2 aromatic rings. The second kappa shape index (κ2) is 6.28. The van der Waals surface area contributed by atoms with Crippen molar-refractivity contribution in [1.82, 2.24) is 4.98 Å². The van der Waals surface area contributed by atoms with Gasteiger partial charge in [-0.25, -0.2) is 0 Å². The minimum absolute atomic E-state index is 0.139. The van der Waals surface area contributed by atoms with E-state index in [-0.39, 0.29) is 12.1 Å². The maximum atomic E-state index is 6.29. The molecule has 1 aromatic heterocycles. The molecule has 0 aliphatic carbocycles. The molecule has 0 radical (unpaired) electrons. The van der Waals surface area contributed by atoms with E-state index < -0.39 is 0 Å². The van der Waals surface area contributed by atoms with Gasteiger partial charge < -0.3 is 10.5 Å². The Morgan fingerprint density at radius 3 is 2.44 bits per heavy atom. The molecular weight excluding hydrogens is 224 g/mol. The van der Waals surface area contributed by atoms with Crippen molar-refractivity contribution in [3.05, 3.63) is 66.0 Å². The summed E-state index contributed by atoms with van der Waals surface area (Å²) >= 11 is 0. The van der Waals surface area contributed by atoms with Crippen LogP contribution in [0.3, 0.4) is 0 Å². The maximum Gasteiger partial charge on any atom is 0.102 e. The van der Waals surface area contributed by atoms with E-state index >= 15 is 0 Å². The number of hydrogen-bond donors (Lipinski definition) is 1. The average Bonchev–Trinajstić information content (AvgIpc) is 2.46. The largest absolute Gasteiger partial charge is 0.372 e. The molecule has 18 heavy (non-hydrogen) atoms. The molecule has 0 saturated heterocycles. The Hall–Kier alpha value is -1.71. The van der Waals surface area contributed by atoms with Gasteiger partial charge >= 0.3 is 0 Å². The summed E-state index contributed by atoms with van der Waals surface area (Å²) in [6.45, 7) is 2.61. The van der Waals surface area contributed by atoms with Gasteiger partial charge in [0, 0.05) is 19.0 Å². The summed E-state index contributed by atoms with van der Waals surface area (Å²) < 4.78 is 5.79. The molecule has 0 bridgehead atoms. The van der Waals surface area contributed by atoms with Crippen molar-refractivity contribution < 1.29 is 4.74 Å². The molecule has 2 N–H and O–H groups in total. The summed E-state index contributed by atoms with van der Waals surface area (Å²) in [5.41, 5.74) is 8.37. The Morgan fingerprint density at radius 2 is 1.83 bits per heavy atom. The molecule has 1 aromatic carbocycles. The summed E-state index contributed by atoms with van der Waals surface area (Å²) in [5.74, 6) is 0. The maximum absolute atomic E-state index is 6.29. The summed E-state index contributed by atoms with van der Waals surface area (Å²) in [6, 6.07) is 13.7. The summed E-state index contributed by atoms with van der Waals surface area (Å²) in [7, 11) is 0. The molecule has 94 valence electrons. The third-order valence-corrected chi connectivity index (χ3v) is 2.87. The monoisotopic (exact) mass is 242 g/mol. The quantitative estimate of drug-likeness (QED) is 0.877. The van der Waals surface area contributed by atoms with Crippen LogP contribution in [0.5, 0.6) is 0 Å². The Bertz CT molecular complexity index is 458. The van der Waals surface area contributed by atoms with Crippen LogP contribution in [-0.2, 0) is 4.74 Å². The van der Waals surface area contributed by atoms with E-state index in [1.54, 1.807) is 12.4 Å². The lowest BCUT2D eigenvalue weighted by Gasteiger charge is -2.24. The van der Waals surface area contributed by atoms with Gasteiger partial charge in [0.2, 0.25) is 0 Å². The predicted octanol–water partition coefficient (Wildman–Crippen LogP) is 2.86. The predicted molar refractivity (Wildman–Crippen MR) is 72.0 cm³/mol. The second-order valence-corrected chi connectivity index (χ2v) is 4.10. The molecule has 0 fully saturated rings. The Kier molecular flexibility index (Phi) is 4.45. The van der Waals surface area contributed by atoms with Crippen LogP contribution < -0.4 is 5.73 Å². The first-order valence-corrected chi connectivity index (χ1v) is 6.15. The number of nitrogens with two attached hydrogens (primary N) is 1. The SMILES string of the molecule is CCOC(c1ccccc1)C(N)c1cccnc1. The van der Waals surface area contributed by atoms with E-state index in [1.165, 1.54) is 0 Å². The first-order valence-electron chi connectivity index (χ1n) is 6.15. The minimum Gasteiger partial charge on any atom is -0.372 e. The first kappa shape index (κ1) is 12.7. The van der Waals surface area contributed by atoms with E-state index in [1.807, 2.05) is 49.4 Å². The van der Waals surface area contributed by atoms with Crippen molar-refractivity contribution in [1.29, 1.82) is 0 Å². The summed E-state index contributed by atoms with van der Waals surface area (Å²) in [6.07, 6.45) is 3.40. The van der Waals surface area contributed by atoms with Gasteiger partial charge in [0.1, 0.15) is 6.10 Å². The van der Waals surface area contributed by atoms with E-state index in [4.69, 9.17) is 10.5 Å². The molecule has 2 rings (SSSR count). The normalized spacial score (nSPS) is 14.1. The number of pyridine rings is 1. The van der Waals surface area contributed by atoms with E-state index in [0.717, 1.165) is 11.1 Å². The molecule has 0 aliphatic rings. The zero-order valence-electron chi connectivity index (χ0n) is 10.5. The highest BCUT2D eigenvalue weighted by Crippen LogP contribution is 2.29. The van der Waals surface area contributed by atoms with Crippen LogP contribution >= 0.6 is 0 Å². The van der Waals surface area contributed by atoms with Gasteiger partial charge in [-0.05, 0) is 24.1 Å². The molecular formula is C15H18N2O. The highest BCUT2D eigenvalue weighted by molar-refractivity contribution is 5.24. The summed E-state index contributed by atoms with van der Waals surface area (Å²) in [4.78, 5) is 4.11. The number of benzene rings is 1. The molecule has 3 heteroatoms. The molecule has 2 atom stereocenters. The topological polar surface area (TPSA) is 48.1 Å². The van der Waals surface area contributed by atoms with Gasteiger partial charge in [-0.3, -0.25) is 4.98 Å². The number of aromatic nitrogens is 1. The smallest absolute Gasteiger partial charge is 0.102 e. The molecule has 0 saturated carbocycles. The molecule has 0 aliphatic heterocycles. The van der Waals surface area contributed by atoms with Gasteiger partial charge in [0.05, 0.1) is 6.04 Å². The van der Waals surface area contributed by atoms with Crippen LogP contribution in [0, 0.1) is 0 Å². The lowest BCUT2D eigenvalue weighted by molar-refractivity contribution is 0.0428. The fraction of sp³-hybridized carbons (Fsp3) is 0.267. The van der Waals surface area contributed by atoms with Crippen LogP contribution in [0.1, 0.15) is 30.2 Å². The van der Waals surface area contributed by atoms with E-state index in [9.17, 15) is 0 Å². The fourth-order valence-electron chi connectivity index (χ4n) is 1.98. The van der Waals surface area contributed by atoms with E-state index in [0.29, 0.717) is 6.61 Å². The fourth-order valence-corrected chi connectivity index (χ4v) is 1.98. The lowest BCUT2D eigenvalue weighted by atomic mass is 9.97. The first-order chi connectivity index (χ1) is 8.83. The zero-order valence-corrected chi connectivity index (χ0v) is 10.5. The van der Waals surface area contributed by atoms with Gasteiger partial charge in [-0.15, -0.1) is 0 Å². The molecule has 1 heterocycles. The van der Waals surface area contributed by atoms with Crippen LogP contribution in [0.4, 0.5) is 0 Å². The van der Waals surface area contributed by atoms with Gasteiger partial charge in [-0.1, -0.05) is 36.4 Å². The van der Waals surface area contributed by atoms with Crippen molar-refractivity contribution in [2.45, 2.75) is 19.1 Å². The van der Waals surface area contributed by atoms with Crippen LogP contribution in [0.25, 0.3) is 0 Å². The summed E-state index contributed by atoms with van der Waals surface area (Å²) in [5, 5.41) is 0. The number of nitrogens with zero attached hydrogens (tertiary/aromatic N) is 1. The van der Waals surface area contributed by atoms with Gasteiger partial charge in [0.25, 0.3) is 0 Å². The molecule has 0 amide bonds. The number of rotatable bonds is 5. The van der Waals surface area contributed by atoms with Crippen molar-refractivity contribution in [3.63, 3.8) is 0 Å².